The Morgan fingerprint density at radius 1 is 0.949 bits per heavy atom. The van der Waals surface area contributed by atoms with Crippen molar-refractivity contribution in [1.82, 2.24) is 10.2 Å². The Kier molecular flexibility index (Phi) is 9.53. The molecule has 0 aromatic heterocycles. The zero-order valence-electron chi connectivity index (χ0n) is 21.6. The van der Waals surface area contributed by atoms with Gasteiger partial charge in [0, 0.05) is 17.6 Å². The number of hydrogen-bond acceptors (Lipinski definition) is 4. The van der Waals surface area contributed by atoms with E-state index in [0.717, 1.165) is 30.0 Å². The minimum absolute atomic E-state index is 0.0196. The molecule has 1 atom stereocenters. The van der Waals surface area contributed by atoms with Crippen molar-refractivity contribution in [2.75, 3.05) is 10.8 Å². The molecule has 1 N–H and O–H groups in total. The lowest BCUT2D eigenvalue weighted by Gasteiger charge is -2.32. The Morgan fingerprint density at radius 2 is 1.62 bits per heavy atom. The number of amides is 2. The van der Waals surface area contributed by atoms with Crippen molar-refractivity contribution < 1.29 is 18.0 Å². The molecule has 1 fully saturated rings. The summed E-state index contributed by atoms with van der Waals surface area (Å²) >= 11 is 12.6. The molecular weight excluding hydrogens is 557 g/mol. The fraction of sp³-hybridized carbons (Fsp3) is 0.310. The van der Waals surface area contributed by atoms with E-state index in [2.05, 4.69) is 5.32 Å². The highest BCUT2D eigenvalue weighted by Gasteiger charge is 2.34. The number of carbonyl (C=O) groups excluding carboxylic acids is 2. The molecule has 0 saturated heterocycles. The second-order valence-electron chi connectivity index (χ2n) is 9.59. The summed E-state index contributed by atoms with van der Waals surface area (Å²) in [6.45, 7) is 1.17. The summed E-state index contributed by atoms with van der Waals surface area (Å²) in [6.07, 6.45) is 3.90. The van der Waals surface area contributed by atoms with E-state index in [0.29, 0.717) is 10.6 Å². The highest BCUT2D eigenvalue weighted by molar-refractivity contribution is 7.92. The van der Waals surface area contributed by atoms with Crippen LogP contribution in [-0.2, 0) is 26.2 Å². The quantitative estimate of drug-likeness (QED) is 0.331. The van der Waals surface area contributed by atoms with Crippen molar-refractivity contribution in [3.63, 3.8) is 0 Å². The van der Waals surface area contributed by atoms with Crippen LogP contribution in [0.5, 0.6) is 0 Å². The number of halogens is 2. The van der Waals surface area contributed by atoms with Crippen LogP contribution in [0.1, 0.15) is 38.2 Å². The van der Waals surface area contributed by atoms with Gasteiger partial charge in [-0.1, -0.05) is 78.5 Å². The molecule has 0 aliphatic heterocycles. The molecule has 1 aliphatic rings. The van der Waals surface area contributed by atoms with Gasteiger partial charge < -0.3 is 10.2 Å². The maximum Gasteiger partial charge on any atom is 0.264 e. The second-order valence-corrected chi connectivity index (χ2v) is 12.3. The number of nitrogens with zero attached hydrogens (tertiary/aromatic N) is 2. The lowest BCUT2D eigenvalue weighted by Crippen LogP contribution is -2.52. The number of benzene rings is 3. The van der Waals surface area contributed by atoms with E-state index in [-0.39, 0.29) is 34.1 Å². The summed E-state index contributed by atoms with van der Waals surface area (Å²) in [5.41, 5.74) is 0.883. The second kappa shape index (κ2) is 12.9. The molecule has 0 bridgehead atoms. The maximum atomic E-state index is 14.0. The number of para-hydroxylation sites is 1. The zero-order chi connectivity index (χ0) is 28.0. The van der Waals surface area contributed by atoms with Crippen molar-refractivity contribution in [3.8, 4) is 0 Å². The highest BCUT2D eigenvalue weighted by atomic mass is 35.5. The van der Waals surface area contributed by atoms with Crippen molar-refractivity contribution >= 4 is 50.7 Å². The van der Waals surface area contributed by atoms with Gasteiger partial charge in [-0.2, -0.15) is 0 Å². The molecule has 4 rings (SSSR count). The van der Waals surface area contributed by atoms with Crippen LogP contribution in [0.3, 0.4) is 0 Å². The third-order valence-corrected chi connectivity index (χ3v) is 9.17. The third-order valence-electron chi connectivity index (χ3n) is 6.84. The molecule has 0 radical (unpaired) electrons. The number of nitrogens with one attached hydrogen (secondary N) is 1. The number of rotatable bonds is 10. The van der Waals surface area contributed by atoms with Crippen molar-refractivity contribution in [2.24, 2.45) is 0 Å². The predicted molar refractivity (Wildman–Crippen MR) is 154 cm³/mol. The van der Waals surface area contributed by atoms with Gasteiger partial charge in [0.2, 0.25) is 11.8 Å². The molecule has 39 heavy (non-hydrogen) atoms. The molecule has 1 unspecified atom stereocenters. The van der Waals surface area contributed by atoms with Crippen LogP contribution in [-0.4, -0.2) is 43.8 Å². The van der Waals surface area contributed by atoms with Gasteiger partial charge in [0.05, 0.1) is 15.6 Å². The fourth-order valence-corrected chi connectivity index (χ4v) is 6.65. The summed E-state index contributed by atoms with van der Waals surface area (Å²) < 4.78 is 28.6. The Labute approximate surface area is 239 Å². The minimum Gasteiger partial charge on any atom is -0.352 e. The van der Waals surface area contributed by atoms with Crippen LogP contribution in [0, 0.1) is 0 Å². The van der Waals surface area contributed by atoms with Gasteiger partial charge in [-0.25, -0.2) is 8.42 Å². The number of anilines is 1. The molecule has 206 valence electrons. The Morgan fingerprint density at radius 3 is 2.28 bits per heavy atom. The Bertz CT molecular complexity index is 1410. The van der Waals surface area contributed by atoms with E-state index < -0.39 is 28.5 Å². The summed E-state index contributed by atoms with van der Waals surface area (Å²) in [7, 11) is -4.17. The van der Waals surface area contributed by atoms with E-state index in [1.54, 1.807) is 73.7 Å². The topological polar surface area (TPSA) is 86.8 Å². The van der Waals surface area contributed by atoms with Crippen LogP contribution in [0.15, 0.2) is 83.8 Å². The molecular formula is C29H31Cl2N3O4S. The SMILES string of the molecule is CC(C(=O)NC1CCCC1)N(Cc1cccc(Cl)c1)C(=O)CN(c1ccccc1Cl)S(=O)(=O)c1ccccc1. The molecule has 0 spiro atoms. The average Bonchev–Trinajstić information content (AvgIpc) is 3.44. The van der Waals surface area contributed by atoms with Crippen LogP contribution in [0.2, 0.25) is 10.0 Å². The van der Waals surface area contributed by atoms with Gasteiger partial charge in [0.1, 0.15) is 12.6 Å². The average molecular weight is 589 g/mol. The summed E-state index contributed by atoms with van der Waals surface area (Å²) in [5, 5.41) is 3.72. The van der Waals surface area contributed by atoms with Gasteiger partial charge in [-0.05, 0) is 61.7 Å². The van der Waals surface area contributed by atoms with Crippen LogP contribution in [0.25, 0.3) is 0 Å². The largest absolute Gasteiger partial charge is 0.352 e. The lowest BCUT2D eigenvalue weighted by molar-refractivity contribution is -0.139. The van der Waals surface area contributed by atoms with Crippen molar-refractivity contribution in [1.29, 1.82) is 0 Å². The van der Waals surface area contributed by atoms with Crippen LogP contribution < -0.4 is 9.62 Å². The van der Waals surface area contributed by atoms with E-state index in [1.165, 1.54) is 17.0 Å². The number of carbonyl (C=O) groups is 2. The van der Waals surface area contributed by atoms with E-state index >= 15 is 0 Å². The summed E-state index contributed by atoms with van der Waals surface area (Å²) in [4.78, 5) is 28.6. The van der Waals surface area contributed by atoms with Crippen molar-refractivity contribution in [2.45, 2.75) is 56.1 Å². The van der Waals surface area contributed by atoms with Gasteiger partial charge in [-0.15, -0.1) is 0 Å². The van der Waals surface area contributed by atoms with Crippen LogP contribution in [0.4, 0.5) is 5.69 Å². The molecule has 1 aliphatic carbocycles. The van der Waals surface area contributed by atoms with E-state index in [9.17, 15) is 18.0 Å². The molecule has 3 aromatic rings. The number of hydrogen-bond donors (Lipinski definition) is 1. The van der Waals surface area contributed by atoms with Gasteiger partial charge in [0.15, 0.2) is 0 Å². The smallest absolute Gasteiger partial charge is 0.264 e. The van der Waals surface area contributed by atoms with Gasteiger partial charge in [0.25, 0.3) is 10.0 Å². The molecule has 1 saturated carbocycles. The molecule has 3 aromatic carbocycles. The summed E-state index contributed by atoms with van der Waals surface area (Å²) in [6, 6.07) is 20.5. The monoisotopic (exact) mass is 587 g/mol. The van der Waals surface area contributed by atoms with E-state index in [1.807, 2.05) is 0 Å². The lowest BCUT2D eigenvalue weighted by atomic mass is 10.1. The highest BCUT2D eigenvalue weighted by Crippen LogP contribution is 2.31. The normalized spacial score (nSPS) is 14.5. The first-order valence-electron chi connectivity index (χ1n) is 12.8. The fourth-order valence-electron chi connectivity index (χ4n) is 4.69. The van der Waals surface area contributed by atoms with E-state index in [4.69, 9.17) is 23.2 Å². The Balaban J connectivity index is 1.69. The third kappa shape index (κ3) is 7.12. The first kappa shape index (κ1) is 28.9. The first-order chi connectivity index (χ1) is 18.7. The molecule has 2 amide bonds. The predicted octanol–water partition coefficient (Wildman–Crippen LogP) is 5.66. The van der Waals surface area contributed by atoms with Crippen LogP contribution >= 0.6 is 23.2 Å². The van der Waals surface area contributed by atoms with Gasteiger partial charge >= 0.3 is 0 Å². The molecule has 0 heterocycles. The standard InChI is InChI=1S/C29H31Cl2N3O4S/c1-21(29(36)32-24-12-5-6-13-24)33(19-22-10-9-11-23(30)18-22)28(35)20-34(27-17-8-7-16-26(27)31)39(37,38)25-14-3-2-4-15-25/h2-4,7-11,14-18,21,24H,5-6,12-13,19-20H2,1H3,(H,32,36). The Hall–Kier alpha value is -3.07. The first-order valence-corrected chi connectivity index (χ1v) is 15.0. The molecule has 10 heteroatoms. The van der Waals surface area contributed by atoms with Gasteiger partial charge in [-0.3, -0.25) is 13.9 Å². The van der Waals surface area contributed by atoms with Crippen molar-refractivity contribution in [3.05, 3.63) is 94.5 Å². The minimum atomic E-state index is -4.17. The zero-order valence-corrected chi connectivity index (χ0v) is 23.9. The maximum absolute atomic E-state index is 14.0. The number of sulfonamides is 1. The summed E-state index contributed by atoms with van der Waals surface area (Å²) in [5.74, 6) is -0.837. The molecule has 7 nitrogen and oxygen atoms in total.